The van der Waals surface area contributed by atoms with Crippen molar-refractivity contribution in [3.05, 3.63) is 0 Å². The van der Waals surface area contributed by atoms with E-state index in [1.165, 1.54) is 40.0 Å². The Morgan fingerprint density at radius 2 is 1.50 bits per heavy atom. The summed E-state index contributed by atoms with van der Waals surface area (Å²) in [7, 11) is 0. The fraction of sp³-hybridized carbons (Fsp3) is 0.846. The van der Waals surface area contributed by atoms with Gasteiger partial charge in [-0.05, 0) is 33.6 Å². The molecule has 0 amide bonds. The molecular weight excluding hydrogens is 234 g/mol. The highest BCUT2D eigenvalue weighted by Gasteiger charge is 2.09. The number of ether oxygens (including phenoxy) is 1. The van der Waals surface area contributed by atoms with Gasteiger partial charge >= 0.3 is 5.97 Å². The molecule has 0 aromatic heterocycles. The van der Waals surface area contributed by atoms with Crippen LogP contribution in [0.1, 0.15) is 47.0 Å². The number of piperidine rings is 1. The Hall–Kier alpha value is -0.940. The van der Waals surface area contributed by atoms with Crippen molar-refractivity contribution in [2.45, 2.75) is 47.0 Å². The maximum Gasteiger partial charge on any atom is 0.303 e. The second-order valence-electron chi connectivity index (χ2n) is 4.17. The Bertz CT molecular complexity index is 209. The molecule has 1 N–H and O–H groups in total. The van der Waals surface area contributed by atoms with Crippen molar-refractivity contribution in [2.75, 3.05) is 26.4 Å². The maximum atomic E-state index is 10.4. The highest BCUT2D eigenvalue weighted by atomic mass is 16.5. The Morgan fingerprint density at radius 3 is 1.83 bits per heavy atom. The number of carbonyl (C=O) groups excluding carboxylic acids is 2. The fourth-order valence-electron chi connectivity index (χ4n) is 1.27. The van der Waals surface area contributed by atoms with Crippen LogP contribution in [0, 0.1) is 0 Å². The molecule has 0 radical (unpaired) electrons. The zero-order valence-electron chi connectivity index (χ0n) is 12.1. The molecule has 1 rings (SSSR count). The molecule has 18 heavy (non-hydrogen) atoms. The molecule has 1 fully saturated rings. The highest BCUT2D eigenvalue weighted by molar-refractivity contribution is 5.72. The van der Waals surface area contributed by atoms with Gasteiger partial charge < -0.3 is 14.6 Å². The van der Waals surface area contributed by atoms with Crippen LogP contribution in [-0.4, -0.2) is 48.2 Å². The quantitative estimate of drug-likeness (QED) is 0.765. The Labute approximate surface area is 110 Å². The third-order valence-electron chi connectivity index (χ3n) is 1.90. The number of esters is 1. The van der Waals surface area contributed by atoms with Gasteiger partial charge in [-0.25, -0.2) is 0 Å². The van der Waals surface area contributed by atoms with Crippen LogP contribution in [0.3, 0.4) is 0 Å². The monoisotopic (exact) mass is 261 g/mol. The van der Waals surface area contributed by atoms with E-state index in [0.29, 0.717) is 6.73 Å². The molecule has 0 aromatic rings. The average molecular weight is 261 g/mol. The Balaban J connectivity index is 0. The second-order valence-corrected chi connectivity index (χ2v) is 4.17. The zero-order chi connectivity index (χ0) is 14.4. The van der Waals surface area contributed by atoms with Crippen LogP contribution in [0.25, 0.3) is 0 Å². The first kappa shape index (κ1) is 19.4. The number of likely N-dealkylation sites (tertiary alicyclic amines) is 1. The number of hydrogen-bond donors (Lipinski definition) is 1. The van der Waals surface area contributed by atoms with E-state index in [1.807, 2.05) is 0 Å². The topological polar surface area (TPSA) is 66.8 Å². The summed E-state index contributed by atoms with van der Waals surface area (Å²) >= 11 is 0. The van der Waals surface area contributed by atoms with Gasteiger partial charge in [0, 0.05) is 26.6 Å². The molecule has 5 heteroatoms. The average Bonchev–Trinajstić information content (AvgIpc) is 2.28. The molecule has 1 saturated heterocycles. The van der Waals surface area contributed by atoms with Crippen LogP contribution in [0.15, 0.2) is 0 Å². The number of aliphatic hydroxyl groups excluding tert-OH is 1. The molecule has 0 saturated carbocycles. The summed E-state index contributed by atoms with van der Waals surface area (Å²) < 4.78 is 4.87. The van der Waals surface area contributed by atoms with Crippen molar-refractivity contribution in [3.8, 4) is 0 Å². The molecule has 0 aliphatic carbocycles. The molecule has 0 unspecified atom stereocenters. The van der Waals surface area contributed by atoms with E-state index in [9.17, 15) is 9.59 Å². The number of hydrogen-bond acceptors (Lipinski definition) is 5. The molecule has 0 spiro atoms. The summed E-state index contributed by atoms with van der Waals surface area (Å²) in [6, 6.07) is 0. The first-order chi connectivity index (χ1) is 8.43. The van der Waals surface area contributed by atoms with Crippen LogP contribution in [0.4, 0.5) is 0 Å². The molecule has 0 atom stereocenters. The van der Waals surface area contributed by atoms with E-state index in [0.717, 1.165) is 13.1 Å². The van der Waals surface area contributed by atoms with Gasteiger partial charge in [-0.2, -0.15) is 0 Å². The minimum Gasteiger partial charge on any atom is -0.450 e. The van der Waals surface area contributed by atoms with Gasteiger partial charge in [-0.15, -0.1) is 0 Å². The van der Waals surface area contributed by atoms with Gasteiger partial charge in [-0.1, -0.05) is 6.42 Å². The summed E-state index contributed by atoms with van der Waals surface area (Å²) in [5, 5.41) is 7.57. The summed E-state index contributed by atoms with van der Waals surface area (Å²) in [5.41, 5.74) is 0. The number of nitrogens with zero attached hydrogens (tertiary/aromatic N) is 1. The standard InChI is InChI=1S/C8H15NO2.C3H6O.C2H6O/c1-8(10)11-7-9-5-3-2-4-6-9;1-3(2)4;1-2-3/h2-7H2,1H3;1-2H3;3H,2H2,1H3. The van der Waals surface area contributed by atoms with Crippen molar-refractivity contribution >= 4 is 11.8 Å². The molecular formula is C13H27NO4. The third kappa shape index (κ3) is 20.5. The lowest BCUT2D eigenvalue weighted by Crippen LogP contribution is -2.32. The van der Waals surface area contributed by atoms with Crippen LogP contribution < -0.4 is 0 Å². The third-order valence-corrected chi connectivity index (χ3v) is 1.90. The minimum atomic E-state index is -0.185. The second kappa shape index (κ2) is 14.1. The molecule has 0 aromatic carbocycles. The summed E-state index contributed by atoms with van der Waals surface area (Å²) in [6.07, 6.45) is 3.79. The number of aliphatic hydroxyl groups is 1. The van der Waals surface area contributed by atoms with Crippen molar-refractivity contribution in [1.29, 1.82) is 0 Å². The molecule has 1 heterocycles. The largest absolute Gasteiger partial charge is 0.450 e. The number of carbonyl (C=O) groups is 2. The van der Waals surface area contributed by atoms with Crippen molar-refractivity contribution in [3.63, 3.8) is 0 Å². The fourth-order valence-corrected chi connectivity index (χ4v) is 1.27. The van der Waals surface area contributed by atoms with E-state index >= 15 is 0 Å². The first-order valence-electron chi connectivity index (χ1n) is 6.37. The predicted octanol–water partition coefficient (Wildman–Crippen LogP) is 1.59. The molecule has 108 valence electrons. The zero-order valence-corrected chi connectivity index (χ0v) is 12.1. The number of ketones is 1. The summed E-state index contributed by atoms with van der Waals surface area (Å²) in [4.78, 5) is 22.1. The Kier molecular flexibility index (Phi) is 15.2. The lowest BCUT2D eigenvalue weighted by atomic mass is 10.1. The van der Waals surface area contributed by atoms with Gasteiger partial charge in [0.05, 0.1) is 0 Å². The van der Waals surface area contributed by atoms with Gasteiger partial charge in [0.15, 0.2) is 0 Å². The van der Waals surface area contributed by atoms with Crippen molar-refractivity contribution in [1.82, 2.24) is 4.90 Å². The Morgan fingerprint density at radius 1 is 1.11 bits per heavy atom. The van der Waals surface area contributed by atoms with Gasteiger partial charge in [0.2, 0.25) is 0 Å². The lowest BCUT2D eigenvalue weighted by Gasteiger charge is -2.25. The van der Waals surface area contributed by atoms with Crippen molar-refractivity contribution in [2.24, 2.45) is 0 Å². The van der Waals surface area contributed by atoms with Gasteiger partial charge in [-0.3, -0.25) is 9.69 Å². The van der Waals surface area contributed by atoms with E-state index in [-0.39, 0.29) is 18.4 Å². The van der Waals surface area contributed by atoms with Crippen LogP contribution in [0.2, 0.25) is 0 Å². The summed E-state index contributed by atoms with van der Waals surface area (Å²) in [5.74, 6) is -0.0180. The molecule has 1 aliphatic heterocycles. The van der Waals surface area contributed by atoms with Crippen molar-refractivity contribution < 1.29 is 19.4 Å². The van der Waals surface area contributed by atoms with E-state index < -0.39 is 0 Å². The van der Waals surface area contributed by atoms with Crippen LogP contribution in [0.5, 0.6) is 0 Å². The smallest absolute Gasteiger partial charge is 0.303 e. The predicted molar refractivity (Wildman–Crippen MR) is 71.2 cm³/mol. The lowest BCUT2D eigenvalue weighted by molar-refractivity contribution is -0.146. The maximum absolute atomic E-state index is 10.4. The van der Waals surface area contributed by atoms with Gasteiger partial charge in [0.25, 0.3) is 0 Å². The number of rotatable bonds is 2. The first-order valence-corrected chi connectivity index (χ1v) is 6.37. The molecule has 5 nitrogen and oxygen atoms in total. The molecule has 0 bridgehead atoms. The van der Waals surface area contributed by atoms with E-state index in [1.54, 1.807) is 6.92 Å². The van der Waals surface area contributed by atoms with E-state index in [2.05, 4.69) is 4.90 Å². The van der Waals surface area contributed by atoms with Gasteiger partial charge in [0.1, 0.15) is 12.5 Å². The molecule has 1 aliphatic rings. The SMILES string of the molecule is CC(=O)OCN1CCCCC1.CC(C)=O.CCO. The summed E-state index contributed by atoms with van der Waals surface area (Å²) in [6.45, 7) is 9.07. The minimum absolute atomic E-state index is 0.167. The van der Waals surface area contributed by atoms with Crippen LogP contribution >= 0.6 is 0 Å². The normalized spacial score (nSPS) is 14.5. The van der Waals surface area contributed by atoms with Crippen LogP contribution in [-0.2, 0) is 14.3 Å². The number of Topliss-reactive ketones (excluding diaryl/α,β-unsaturated/α-hetero) is 1. The van der Waals surface area contributed by atoms with E-state index in [4.69, 9.17) is 9.84 Å². The highest BCUT2D eigenvalue weighted by Crippen LogP contribution is 2.07.